The van der Waals surface area contributed by atoms with Crippen molar-refractivity contribution >= 4 is 22.4 Å². The largest absolute Gasteiger partial charge is 0.371 e. The van der Waals surface area contributed by atoms with Gasteiger partial charge < -0.3 is 10.1 Å². The van der Waals surface area contributed by atoms with Crippen LogP contribution in [0.2, 0.25) is 0 Å². The number of rotatable bonds is 5. The number of nitrogens with one attached hydrogen (secondary N) is 1. The van der Waals surface area contributed by atoms with Crippen LogP contribution in [0.3, 0.4) is 0 Å². The Bertz CT molecular complexity index is 1110. The number of nitrogens with zero attached hydrogens (tertiary/aromatic N) is 3. The summed E-state index contributed by atoms with van der Waals surface area (Å²) in [6.07, 6.45) is 3.92. The number of fused-ring (bicyclic) bond motifs is 1. The van der Waals surface area contributed by atoms with Crippen LogP contribution in [-0.4, -0.2) is 34.6 Å². The molecule has 0 unspecified atom stereocenters. The standard InChI is InChI=1S/C25H24N4O/c1-2-6-20(7-3-1)24-18-29(12-13-30-24)17-19-10-11-25(27-15-19)28-22-14-21-8-4-5-9-23(21)26-16-22/h1-11,14-16,24H,12-13,17-18H2,(H,27,28)/t24-/m1/s1. The molecule has 2 aromatic heterocycles. The average Bonchev–Trinajstić information content (AvgIpc) is 2.81. The third-order valence-corrected chi connectivity index (χ3v) is 5.42. The van der Waals surface area contributed by atoms with Crippen LogP contribution in [-0.2, 0) is 11.3 Å². The fourth-order valence-corrected chi connectivity index (χ4v) is 3.85. The first kappa shape index (κ1) is 18.7. The number of para-hydroxylation sites is 1. The third kappa shape index (κ3) is 4.32. The molecule has 4 aromatic rings. The molecule has 5 rings (SSSR count). The summed E-state index contributed by atoms with van der Waals surface area (Å²) in [5, 5.41) is 4.46. The lowest BCUT2D eigenvalue weighted by atomic mass is 10.1. The summed E-state index contributed by atoms with van der Waals surface area (Å²) < 4.78 is 5.97. The van der Waals surface area contributed by atoms with Crippen LogP contribution in [0.1, 0.15) is 17.2 Å². The maximum absolute atomic E-state index is 5.97. The molecule has 5 heteroatoms. The number of ether oxygens (including phenoxy) is 1. The SMILES string of the molecule is c1ccc([C@H]2CN(Cc3ccc(Nc4cnc5ccccc5c4)nc3)CCO2)cc1. The molecular weight excluding hydrogens is 372 g/mol. The van der Waals surface area contributed by atoms with Crippen LogP contribution in [0.15, 0.2) is 85.2 Å². The predicted octanol–water partition coefficient (Wildman–Crippen LogP) is 4.95. The van der Waals surface area contributed by atoms with Gasteiger partial charge in [0, 0.05) is 31.2 Å². The zero-order chi connectivity index (χ0) is 20.2. The Morgan fingerprint density at radius 3 is 2.67 bits per heavy atom. The molecule has 3 heterocycles. The van der Waals surface area contributed by atoms with Crippen LogP contribution in [0.5, 0.6) is 0 Å². The molecule has 0 saturated carbocycles. The van der Waals surface area contributed by atoms with Crippen molar-refractivity contribution in [1.82, 2.24) is 14.9 Å². The molecule has 0 spiro atoms. The molecular formula is C25H24N4O. The van der Waals surface area contributed by atoms with Crippen LogP contribution < -0.4 is 5.32 Å². The van der Waals surface area contributed by atoms with Crippen molar-refractivity contribution in [2.24, 2.45) is 0 Å². The summed E-state index contributed by atoms with van der Waals surface area (Å²) in [5.74, 6) is 0.819. The van der Waals surface area contributed by atoms with Gasteiger partial charge in [-0.2, -0.15) is 0 Å². The Hall–Kier alpha value is -3.28. The maximum Gasteiger partial charge on any atom is 0.130 e. The van der Waals surface area contributed by atoms with Crippen molar-refractivity contribution in [2.75, 3.05) is 25.0 Å². The average molecular weight is 396 g/mol. The molecule has 0 radical (unpaired) electrons. The van der Waals surface area contributed by atoms with E-state index in [-0.39, 0.29) is 6.10 Å². The van der Waals surface area contributed by atoms with Gasteiger partial charge in [-0.05, 0) is 29.3 Å². The summed E-state index contributed by atoms with van der Waals surface area (Å²) in [5.41, 5.74) is 4.37. The molecule has 0 aliphatic carbocycles. The zero-order valence-electron chi connectivity index (χ0n) is 16.7. The fraction of sp³-hybridized carbons (Fsp3) is 0.200. The number of pyridine rings is 2. The molecule has 1 aliphatic heterocycles. The second-order valence-electron chi connectivity index (χ2n) is 7.60. The highest BCUT2D eigenvalue weighted by Gasteiger charge is 2.21. The Kier molecular flexibility index (Phi) is 5.38. The van der Waals surface area contributed by atoms with Crippen molar-refractivity contribution in [3.8, 4) is 0 Å². The van der Waals surface area contributed by atoms with E-state index in [0.29, 0.717) is 0 Å². The smallest absolute Gasteiger partial charge is 0.130 e. The highest BCUT2D eigenvalue weighted by molar-refractivity contribution is 5.82. The minimum atomic E-state index is 0.134. The van der Waals surface area contributed by atoms with Crippen LogP contribution in [0.25, 0.3) is 10.9 Å². The topological polar surface area (TPSA) is 50.3 Å². The second kappa shape index (κ2) is 8.61. The van der Waals surface area contributed by atoms with E-state index in [1.54, 1.807) is 0 Å². The molecule has 1 fully saturated rings. The van der Waals surface area contributed by atoms with Gasteiger partial charge in [0.05, 0.1) is 30.1 Å². The van der Waals surface area contributed by atoms with E-state index in [2.05, 4.69) is 62.6 Å². The van der Waals surface area contributed by atoms with Gasteiger partial charge in [0.15, 0.2) is 0 Å². The molecule has 5 nitrogen and oxygen atoms in total. The van der Waals surface area contributed by atoms with Crippen LogP contribution >= 0.6 is 0 Å². The van der Waals surface area contributed by atoms with Gasteiger partial charge in [-0.15, -0.1) is 0 Å². The Morgan fingerprint density at radius 2 is 1.80 bits per heavy atom. The summed E-state index contributed by atoms with van der Waals surface area (Å²) >= 11 is 0. The molecule has 150 valence electrons. The van der Waals surface area contributed by atoms with Gasteiger partial charge in [0.25, 0.3) is 0 Å². The number of benzene rings is 2. The molecule has 30 heavy (non-hydrogen) atoms. The Balaban J connectivity index is 1.22. The minimum absolute atomic E-state index is 0.134. The lowest BCUT2D eigenvalue weighted by molar-refractivity contribution is -0.0329. The lowest BCUT2D eigenvalue weighted by Crippen LogP contribution is -2.37. The monoisotopic (exact) mass is 396 g/mol. The van der Waals surface area contributed by atoms with Crippen molar-refractivity contribution in [2.45, 2.75) is 12.6 Å². The number of morpholine rings is 1. The third-order valence-electron chi connectivity index (χ3n) is 5.42. The van der Waals surface area contributed by atoms with E-state index in [1.165, 1.54) is 11.1 Å². The van der Waals surface area contributed by atoms with E-state index in [0.717, 1.165) is 48.6 Å². The van der Waals surface area contributed by atoms with Gasteiger partial charge in [0.1, 0.15) is 5.82 Å². The Morgan fingerprint density at radius 1 is 0.933 bits per heavy atom. The molecule has 1 N–H and O–H groups in total. The zero-order valence-corrected chi connectivity index (χ0v) is 16.7. The number of hydrogen-bond donors (Lipinski definition) is 1. The second-order valence-corrected chi connectivity index (χ2v) is 7.60. The van der Waals surface area contributed by atoms with Crippen molar-refractivity contribution in [3.63, 3.8) is 0 Å². The normalized spacial score (nSPS) is 17.1. The lowest BCUT2D eigenvalue weighted by Gasteiger charge is -2.33. The summed E-state index contributed by atoms with van der Waals surface area (Å²) in [4.78, 5) is 11.5. The molecule has 1 atom stereocenters. The van der Waals surface area contributed by atoms with Gasteiger partial charge in [-0.25, -0.2) is 4.98 Å². The maximum atomic E-state index is 5.97. The summed E-state index contributed by atoms with van der Waals surface area (Å²) in [6, 6.07) is 24.8. The van der Waals surface area contributed by atoms with Gasteiger partial charge >= 0.3 is 0 Å². The number of hydrogen-bond acceptors (Lipinski definition) is 5. The summed E-state index contributed by atoms with van der Waals surface area (Å²) in [7, 11) is 0. The van der Waals surface area contributed by atoms with Gasteiger partial charge in [-0.3, -0.25) is 9.88 Å². The molecule has 1 aliphatic rings. The predicted molar refractivity (Wildman–Crippen MR) is 120 cm³/mol. The van der Waals surface area contributed by atoms with E-state index in [9.17, 15) is 0 Å². The van der Waals surface area contributed by atoms with Crippen molar-refractivity contribution in [1.29, 1.82) is 0 Å². The van der Waals surface area contributed by atoms with Crippen LogP contribution in [0, 0.1) is 0 Å². The van der Waals surface area contributed by atoms with Gasteiger partial charge in [-0.1, -0.05) is 54.6 Å². The first-order valence-electron chi connectivity index (χ1n) is 10.3. The fourth-order valence-electron chi connectivity index (χ4n) is 3.85. The molecule has 0 amide bonds. The molecule has 2 aromatic carbocycles. The highest BCUT2D eigenvalue weighted by atomic mass is 16.5. The number of anilines is 2. The van der Waals surface area contributed by atoms with Crippen LogP contribution in [0.4, 0.5) is 11.5 Å². The minimum Gasteiger partial charge on any atom is -0.371 e. The van der Waals surface area contributed by atoms with E-state index in [4.69, 9.17) is 4.74 Å². The van der Waals surface area contributed by atoms with Crippen molar-refractivity contribution < 1.29 is 4.74 Å². The van der Waals surface area contributed by atoms with Crippen molar-refractivity contribution in [3.05, 3.63) is 96.3 Å². The molecule has 0 bridgehead atoms. The Labute approximate surface area is 176 Å². The first-order valence-corrected chi connectivity index (χ1v) is 10.3. The molecule has 1 saturated heterocycles. The number of aromatic nitrogens is 2. The van der Waals surface area contributed by atoms with E-state index in [1.807, 2.05) is 42.7 Å². The van der Waals surface area contributed by atoms with E-state index < -0.39 is 0 Å². The van der Waals surface area contributed by atoms with E-state index >= 15 is 0 Å². The summed E-state index contributed by atoms with van der Waals surface area (Å²) in [6.45, 7) is 3.46. The quantitative estimate of drug-likeness (QED) is 0.517. The first-order chi connectivity index (χ1) is 14.8. The van der Waals surface area contributed by atoms with Gasteiger partial charge in [0.2, 0.25) is 0 Å². The highest BCUT2D eigenvalue weighted by Crippen LogP contribution is 2.24.